The molecule has 0 radical (unpaired) electrons. The van der Waals surface area contributed by atoms with Gasteiger partial charge in [0.05, 0.1) is 12.7 Å². The van der Waals surface area contributed by atoms with Gasteiger partial charge in [0.1, 0.15) is 0 Å². The lowest BCUT2D eigenvalue weighted by Gasteiger charge is -2.17. The SMILES string of the molecule is CCCCOC(=O)CC1CC2C=CC1C2O. The zero-order valence-electron chi connectivity index (χ0n) is 9.76. The molecule has 0 aromatic rings. The zero-order valence-corrected chi connectivity index (χ0v) is 9.76. The highest BCUT2D eigenvalue weighted by atomic mass is 16.5. The molecule has 3 nitrogen and oxygen atoms in total. The van der Waals surface area contributed by atoms with Gasteiger partial charge in [-0.3, -0.25) is 4.79 Å². The second-order valence-electron chi connectivity index (χ2n) is 4.89. The fourth-order valence-corrected chi connectivity index (χ4v) is 2.77. The standard InChI is InChI=1S/C13H20O3/c1-2-3-6-16-12(14)8-10-7-9-4-5-11(10)13(9)15/h4-5,9-11,13,15H,2-3,6-8H2,1H3. The normalized spacial score (nSPS) is 35.6. The van der Waals surface area contributed by atoms with E-state index in [0.717, 1.165) is 19.3 Å². The van der Waals surface area contributed by atoms with Gasteiger partial charge in [-0.25, -0.2) is 0 Å². The van der Waals surface area contributed by atoms with Crippen LogP contribution in [0.5, 0.6) is 0 Å². The molecule has 0 aromatic heterocycles. The van der Waals surface area contributed by atoms with Gasteiger partial charge in [-0.15, -0.1) is 0 Å². The van der Waals surface area contributed by atoms with E-state index in [0.29, 0.717) is 18.9 Å². The largest absolute Gasteiger partial charge is 0.466 e. The molecule has 0 saturated heterocycles. The number of fused-ring (bicyclic) bond motifs is 2. The quantitative estimate of drug-likeness (QED) is 0.441. The number of hydrogen-bond donors (Lipinski definition) is 1. The van der Waals surface area contributed by atoms with Crippen LogP contribution in [-0.4, -0.2) is 23.8 Å². The molecular formula is C13H20O3. The maximum absolute atomic E-state index is 11.5. The Hall–Kier alpha value is -0.830. The Balaban J connectivity index is 1.74. The van der Waals surface area contributed by atoms with Gasteiger partial charge >= 0.3 is 5.97 Å². The first-order valence-corrected chi connectivity index (χ1v) is 6.24. The summed E-state index contributed by atoms with van der Waals surface area (Å²) in [6, 6.07) is 0. The molecule has 90 valence electrons. The fourth-order valence-electron chi connectivity index (χ4n) is 2.77. The molecule has 4 atom stereocenters. The van der Waals surface area contributed by atoms with Crippen molar-refractivity contribution in [3.8, 4) is 0 Å². The number of esters is 1. The van der Waals surface area contributed by atoms with Crippen LogP contribution in [0.1, 0.15) is 32.6 Å². The average Bonchev–Trinajstić information content (AvgIpc) is 2.74. The number of ether oxygens (including phenoxy) is 1. The predicted octanol–water partition coefficient (Wildman–Crippen LogP) is 1.90. The van der Waals surface area contributed by atoms with E-state index in [1.54, 1.807) is 0 Å². The summed E-state index contributed by atoms with van der Waals surface area (Å²) in [6.45, 7) is 2.61. The maximum Gasteiger partial charge on any atom is 0.306 e. The molecule has 2 aliphatic carbocycles. The zero-order chi connectivity index (χ0) is 11.5. The summed E-state index contributed by atoms with van der Waals surface area (Å²) in [5.74, 6) is 0.646. The van der Waals surface area contributed by atoms with Crippen LogP contribution in [0.4, 0.5) is 0 Å². The number of hydrogen-bond acceptors (Lipinski definition) is 3. The summed E-state index contributed by atoms with van der Waals surface area (Å²) in [6.07, 6.45) is 7.26. The minimum Gasteiger partial charge on any atom is -0.466 e. The van der Waals surface area contributed by atoms with Gasteiger partial charge in [0, 0.05) is 18.3 Å². The lowest BCUT2D eigenvalue weighted by molar-refractivity contribution is -0.145. The predicted molar refractivity (Wildman–Crippen MR) is 60.7 cm³/mol. The van der Waals surface area contributed by atoms with E-state index in [2.05, 4.69) is 19.1 Å². The van der Waals surface area contributed by atoms with E-state index >= 15 is 0 Å². The lowest BCUT2D eigenvalue weighted by atomic mass is 9.90. The molecule has 2 bridgehead atoms. The van der Waals surface area contributed by atoms with Crippen LogP contribution in [0.25, 0.3) is 0 Å². The van der Waals surface area contributed by atoms with E-state index in [1.807, 2.05) is 0 Å². The highest BCUT2D eigenvalue weighted by Crippen LogP contribution is 2.45. The molecule has 3 heteroatoms. The summed E-state index contributed by atoms with van der Waals surface area (Å²) >= 11 is 0. The third kappa shape index (κ3) is 2.29. The van der Waals surface area contributed by atoms with Crippen molar-refractivity contribution in [3.05, 3.63) is 12.2 Å². The van der Waals surface area contributed by atoms with Crippen molar-refractivity contribution < 1.29 is 14.6 Å². The minimum absolute atomic E-state index is 0.105. The highest BCUT2D eigenvalue weighted by molar-refractivity contribution is 5.69. The molecule has 0 spiro atoms. The smallest absolute Gasteiger partial charge is 0.306 e. The number of aliphatic hydroxyl groups excluding tert-OH is 1. The molecule has 2 rings (SSSR count). The summed E-state index contributed by atoms with van der Waals surface area (Å²) in [5.41, 5.74) is 0. The molecule has 16 heavy (non-hydrogen) atoms. The van der Waals surface area contributed by atoms with Crippen molar-refractivity contribution in [2.45, 2.75) is 38.7 Å². The molecule has 0 heterocycles. The molecule has 0 aromatic carbocycles. The Kier molecular flexibility index (Phi) is 3.64. The van der Waals surface area contributed by atoms with Crippen molar-refractivity contribution in [1.82, 2.24) is 0 Å². The highest BCUT2D eigenvalue weighted by Gasteiger charge is 2.44. The average molecular weight is 224 g/mol. The first-order chi connectivity index (χ1) is 7.72. The van der Waals surface area contributed by atoms with Crippen molar-refractivity contribution in [1.29, 1.82) is 0 Å². The monoisotopic (exact) mass is 224 g/mol. The lowest BCUT2D eigenvalue weighted by Crippen LogP contribution is -2.19. The van der Waals surface area contributed by atoms with E-state index < -0.39 is 0 Å². The third-order valence-corrected chi connectivity index (χ3v) is 3.72. The number of rotatable bonds is 5. The molecule has 1 fully saturated rings. The molecule has 0 amide bonds. The molecule has 0 aliphatic heterocycles. The van der Waals surface area contributed by atoms with Gasteiger partial charge in [0.2, 0.25) is 0 Å². The summed E-state index contributed by atoms with van der Waals surface area (Å²) < 4.78 is 5.14. The van der Waals surface area contributed by atoms with Gasteiger partial charge in [0.25, 0.3) is 0 Å². The van der Waals surface area contributed by atoms with E-state index in [-0.39, 0.29) is 23.9 Å². The molecule has 2 aliphatic rings. The topological polar surface area (TPSA) is 46.5 Å². The first kappa shape index (κ1) is 11.6. The van der Waals surface area contributed by atoms with Crippen molar-refractivity contribution in [2.24, 2.45) is 17.8 Å². The Bertz CT molecular complexity index is 285. The molecule has 1 saturated carbocycles. The summed E-state index contributed by atoms with van der Waals surface area (Å²) in [5, 5.41) is 9.81. The maximum atomic E-state index is 11.5. The van der Waals surface area contributed by atoms with Gasteiger partial charge in [0.15, 0.2) is 0 Å². The van der Waals surface area contributed by atoms with Crippen LogP contribution in [0.3, 0.4) is 0 Å². The number of carbonyl (C=O) groups is 1. The van der Waals surface area contributed by atoms with E-state index in [1.165, 1.54) is 0 Å². The first-order valence-electron chi connectivity index (χ1n) is 6.24. The minimum atomic E-state index is -0.256. The second-order valence-corrected chi connectivity index (χ2v) is 4.89. The van der Waals surface area contributed by atoms with Gasteiger partial charge in [-0.1, -0.05) is 25.5 Å². The third-order valence-electron chi connectivity index (χ3n) is 3.72. The van der Waals surface area contributed by atoms with Crippen LogP contribution >= 0.6 is 0 Å². The summed E-state index contributed by atoms with van der Waals surface area (Å²) in [7, 11) is 0. The molecular weight excluding hydrogens is 204 g/mol. The van der Waals surface area contributed by atoms with Crippen LogP contribution in [0.2, 0.25) is 0 Å². The Labute approximate surface area is 96.5 Å². The van der Waals surface area contributed by atoms with Crippen molar-refractivity contribution >= 4 is 5.97 Å². The second kappa shape index (κ2) is 5.00. The Morgan fingerprint density at radius 2 is 2.31 bits per heavy atom. The van der Waals surface area contributed by atoms with Crippen LogP contribution in [0, 0.1) is 17.8 Å². The van der Waals surface area contributed by atoms with E-state index in [9.17, 15) is 9.90 Å². The van der Waals surface area contributed by atoms with Gasteiger partial charge < -0.3 is 9.84 Å². The number of aliphatic hydroxyl groups is 1. The van der Waals surface area contributed by atoms with Crippen LogP contribution in [-0.2, 0) is 9.53 Å². The van der Waals surface area contributed by atoms with Crippen molar-refractivity contribution in [3.63, 3.8) is 0 Å². The summed E-state index contributed by atoms with van der Waals surface area (Å²) in [4.78, 5) is 11.5. The van der Waals surface area contributed by atoms with Crippen molar-refractivity contribution in [2.75, 3.05) is 6.61 Å². The van der Waals surface area contributed by atoms with E-state index in [4.69, 9.17) is 4.74 Å². The Morgan fingerprint density at radius 1 is 1.50 bits per heavy atom. The number of carbonyl (C=O) groups excluding carboxylic acids is 1. The molecule has 1 N–H and O–H groups in total. The van der Waals surface area contributed by atoms with Gasteiger partial charge in [-0.2, -0.15) is 0 Å². The van der Waals surface area contributed by atoms with Gasteiger partial charge in [-0.05, 0) is 18.8 Å². The van der Waals surface area contributed by atoms with Crippen LogP contribution in [0.15, 0.2) is 12.2 Å². The fraction of sp³-hybridized carbons (Fsp3) is 0.769. The Morgan fingerprint density at radius 3 is 2.88 bits per heavy atom. The molecule has 4 unspecified atom stereocenters. The van der Waals surface area contributed by atoms with Crippen LogP contribution < -0.4 is 0 Å². The number of unbranched alkanes of at least 4 members (excludes halogenated alkanes) is 1.